The summed E-state index contributed by atoms with van der Waals surface area (Å²) in [4.78, 5) is 6.96. The third-order valence-corrected chi connectivity index (χ3v) is 5.58. The number of rotatable bonds is 4. The van der Waals surface area contributed by atoms with Crippen LogP contribution < -0.4 is 18.9 Å². The molecule has 0 aliphatic carbocycles. The summed E-state index contributed by atoms with van der Waals surface area (Å²) in [5.74, 6) is 4.22. The summed E-state index contributed by atoms with van der Waals surface area (Å²) in [6.45, 7) is 2.13. The summed E-state index contributed by atoms with van der Waals surface area (Å²) in [6.07, 6.45) is 2.21. The summed E-state index contributed by atoms with van der Waals surface area (Å²) in [6, 6.07) is 12.1. The topological polar surface area (TPSA) is 79.1 Å². The molecule has 3 aliphatic rings. The van der Waals surface area contributed by atoms with E-state index in [9.17, 15) is 0 Å². The van der Waals surface area contributed by atoms with E-state index in [2.05, 4.69) is 27.2 Å². The zero-order valence-electron chi connectivity index (χ0n) is 15.7. The third-order valence-electron chi connectivity index (χ3n) is 5.58. The highest BCUT2D eigenvalue weighted by Crippen LogP contribution is 2.39. The quantitative estimate of drug-likeness (QED) is 0.666. The Morgan fingerprint density at radius 1 is 0.897 bits per heavy atom. The zero-order valence-corrected chi connectivity index (χ0v) is 15.7. The molecule has 3 aliphatic heterocycles. The second-order valence-electron chi connectivity index (χ2n) is 7.32. The average Bonchev–Trinajstić information content (AvgIpc) is 3.53. The standard InChI is InChI=1S/C21H19N3O5/c1-2-15(13-3-5-16-18(8-13)27-11-25-16)24(7-1)10-20-22-21(23-29-20)14-4-6-17-19(9-14)28-12-26-17/h3-6,8-9,15H,1-2,7,10-12H2. The van der Waals surface area contributed by atoms with Crippen LogP contribution in [0.1, 0.15) is 30.3 Å². The second kappa shape index (κ2) is 6.66. The molecule has 29 heavy (non-hydrogen) atoms. The summed E-state index contributed by atoms with van der Waals surface area (Å²) < 4.78 is 27.3. The van der Waals surface area contributed by atoms with Crippen molar-refractivity contribution in [2.75, 3.05) is 20.1 Å². The minimum Gasteiger partial charge on any atom is -0.454 e. The van der Waals surface area contributed by atoms with E-state index in [1.54, 1.807) is 0 Å². The van der Waals surface area contributed by atoms with Crippen LogP contribution in [-0.2, 0) is 6.54 Å². The van der Waals surface area contributed by atoms with Gasteiger partial charge in [-0.05, 0) is 55.3 Å². The van der Waals surface area contributed by atoms with Gasteiger partial charge in [0.05, 0.1) is 6.54 Å². The van der Waals surface area contributed by atoms with Gasteiger partial charge in [-0.15, -0.1) is 0 Å². The second-order valence-corrected chi connectivity index (χ2v) is 7.32. The Morgan fingerprint density at radius 3 is 2.52 bits per heavy atom. The van der Waals surface area contributed by atoms with E-state index in [0.717, 1.165) is 42.2 Å². The van der Waals surface area contributed by atoms with Crippen molar-refractivity contribution in [1.82, 2.24) is 15.0 Å². The molecule has 1 atom stereocenters. The smallest absolute Gasteiger partial charge is 0.241 e. The number of hydrogen-bond donors (Lipinski definition) is 0. The molecule has 0 bridgehead atoms. The predicted molar refractivity (Wildman–Crippen MR) is 101 cm³/mol. The van der Waals surface area contributed by atoms with Crippen molar-refractivity contribution >= 4 is 0 Å². The Hall–Kier alpha value is -3.26. The highest BCUT2D eigenvalue weighted by Gasteiger charge is 2.29. The van der Waals surface area contributed by atoms with Crippen LogP contribution in [0.15, 0.2) is 40.9 Å². The summed E-state index contributed by atoms with van der Waals surface area (Å²) in [5, 5.41) is 4.15. The molecule has 3 aromatic rings. The molecule has 0 spiro atoms. The first kappa shape index (κ1) is 16.7. The van der Waals surface area contributed by atoms with Gasteiger partial charge in [0.1, 0.15) is 0 Å². The van der Waals surface area contributed by atoms with Gasteiger partial charge in [-0.1, -0.05) is 11.2 Å². The van der Waals surface area contributed by atoms with Crippen LogP contribution in [0, 0.1) is 0 Å². The van der Waals surface area contributed by atoms with Crippen molar-refractivity contribution in [3.8, 4) is 34.4 Å². The molecule has 0 saturated carbocycles. The molecule has 8 heteroatoms. The van der Waals surface area contributed by atoms with E-state index < -0.39 is 0 Å². The molecule has 1 unspecified atom stereocenters. The van der Waals surface area contributed by atoms with Gasteiger partial charge < -0.3 is 23.5 Å². The summed E-state index contributed by atoms with van der Waals surface area (Å²) in [5.41, 5.74) is 2.07. The molecule has 0 radical (unpaired) electrons. The molecular weight excluding hydrogens is 374 g/mol. The molecule has 4 heterocycles. The number of likely N-dealkylation sites (tertiary alicyclic amines) is 1. The van der Waals surface area contributed by atoms with Crippen molar-refractivity contribution in [2.24, 2.45) is 0 Å². The van der Waals surface area contributed by atoms with Crippen LogP contribution in [0.5, 0.6) is 23.0 Å². The molecule has 148 valence electrons. The monoisotopic (exact) mass is 393 g/mol. The SMILES string of the molecule is c1cc2c(cc1-c1noc(CN3CCCC3c3ccc4c(c3)OCO4)n1)OCO2. The Bertz CT molecular complexity index is 1070. The fourth-order valence-corrected chi connectivity index (χ4v) is 4.16. The van der Waals surface area contributed by atoms with Gasteiger partial charge in [-0.3, -0.25) is 4.90 Å². The first-order valence-electron chi connectivity index (χ1n) is 9.70. The van der Waals surface area contributed by atoms with Gasteiger partial charge in [-0.2, -0.15) is 4.98 Å². The van der Waals surface area contributed by atoms with Crippen molar-refractivity contribution in [2.45, 2.75) is 25.4 Å². The van der Waals surface area contributed by atoms with Crippen molar-refractivity contribution in [1.29, 1.82) is 0 Å². The maximum absolute atomic E-state index is 5.54. The van der Waals surface area contributed by atoms with Gasteiger partial charge >= 0.3 is 0 Å². The lowest BCUT2D eigenvalue weighted by Crippen LogP contribution is -2.22. The zero-order chi connectivity index (χ0) is 19.2. The van der Waals surface area contributed by atoms with E-state index in [1.807, 2.05) is 24.3 Å². The average molecular weight is 393 g/mol. The van der Waals surface area contributed by atoms with Crippen LogP contribution in [0.4, 0.5) is 0 Å². The Kier molecular flexibility index (Phi) is 3.83. The lowest BCUT2D eigenvalue weighted by atomic mass is 10.0. The summed E-state index contributed by atoms with van der Waals surface area (Å²) >= 11 is 0. The molecular formula is C21H19N3O5. The number of ether oxygens (including phenoxy) is 4. The number of hydrogen-bond acceptors (Lipinski definition) is 8. The van der Waals surface area contributed by atoms with Gasteiger partial charge in [0.25, 0.3) is 0 Å². The highest BCUT2D eigenvalue weighted by atomic mass is 16.7. The van der Waals surface area contributed by atoms with Crippen LogP contribution in [0.2, 0.25) is 0 Å². The molecule has 1 fully saturated rings. The predicted octanol–water partition coefficient (Wildman–Crippen LogP) is 3.53. The number of fused-ring (bicyclic) bond motifs is 2. The molecule has 2 aromatic carbocycles. The maximum atomic E-state index is 5.54. The van der Waals surface area contributed by atoms with Crippen molar-refractivity contribution in [3.05, 3.63) is 47.9 Å². The Labute approximate surface area is 166 Å². The number of nitrogens with zero attached hydrogens (tertiary/aromatic N) is 3. The van der Waals surface area contributed by atoms with Crippen LogP contribution in [-0.4, -0.2) is 35.2 Å². The number of benzene rings is 2. The minimum atomic E-state index is 0.243. The highest BCUT2D eigenvalue weighted by molar-refractivity contribution is 5.61. The van der Waals surface area contributed by atoms with E-state index >= 15 is 0 Å². The van der Waals surface area contributed by atoms with Crippen molar-refractivity contribution in [3.63, 3.8) is 0 Å². The maximum Gasteiger partial charge on any atom is 0.241 e. The lowest BCUT2D eigenvalue weighted by molar-refractivity contribution is 0.173. The molecule has 1 saturated heterocycles. The fourth-order valence-electron chi connectivity index (χ4n) is 4.16. The fraction of sp³-hybridized carbons (Fsp3) is 0.333. The first-order valence-corrected chi connectivity index (χ1v) is 9.70. The van der Waals surface area contributed by atoms with E-state index in [0.29, 0.717) is 30.1 Å². The molecule has 1 aromatic heterocycles. The van der Waals surface area contributed by atoms with Gasteiger partial charge in [-0.25, -0.2) is 0 Å². The van der Waals surface area contributed by atoms with Gasteiger partial charge in [0.15, 0.2) is 23.0 Å². The van der Waals surface area contributed by atoms with Crippen LogP contribution in [0.3, 0.4) is 0 Å². The van der Waals surface area contributed by atoms with Gasteiger partial charge in [0, 0.05) is 11.6 Å². The minimum absolute atomic E-state index is 0.243. The van der Waals surface area contributed by atoms with E-state index in [1.165, 1.54) is 5.56 Å². The largest absolute Gasteiger partial charge is 0.454 e. The van der Waals surface area contributed by atoms with E-state index in [4.69, 9.17) is 23.5 Å². The molecule has 6 rings (SSSR count). The first-order chi connectivity index (χ1) is 14.3. The van der Waals surface area contributed by atoms with E-state index in [-0.39, 0.29) is 13.6 Å². The third kappa shape index (κ3) is 2.96. The van der Waals surface area contributed by atoms with Crippen molar-refractivity contribution < 1.29 is 23.5 Å². The normalized spacial score (nSPS) is 19.8. The summed E-state index contributed by atoms with van der Waals surface area (Å²) in [7, 11) is 0. The molecule has 0 amide bonds. The molecule has 8 nitrogen and oxygen atoms in total. The van der Waals surface area contributed by atoms with Gasteiger partial charge in [0.2, 0.25) is 25.3 Å². The number of aromatic nitrogens is 2. The Balaban J connectivity index is 1.21. The van der Waals surface area contributed by atoms with Crippen LogP contribution in [0.25, 0.3) is 11.4 Å². The molecule has 0 N–H and O–H groups in total. The lowest BCUT2D eigenvalue weighted by Gasteiger charge is -2.23. The van der Waals surface area contributed by atoms with Crippen LogP contribution >= 0.6 is 0 Å². The Morgan fingerprint density at radius 2 is 1.66 bits per heavy atom.